The molecule has 178 valence electrons. The molecule has 1 atom stereocenters. The quantitative estimate of drug-likeness (QED) is 0.414. The Bertz CT molecular complexity index is 1440. The molecule has 5 rings (SSSR count). The van der Waals surface area contributed by atoms with Crippen LogP contribution in [0.2, 0.25) is 10.0 Å². The van der Waals surface area contributed by atoms with Crippen molar-refractivity contribution in [1.82, 2.24) is 19.9 Å². The molecule has 4 aromatic rings. The molecule has 3 heterocycles. The molecular weight excluding hydrogens is 488 g/mol. The molecule has 1 aliphatic rings. The van der Waals surface area contributed by atoms with Gasteiger partial charge in [-0.15, -0.1) is 0 Å². The van der Waals surface area contributed by atoms with Gasteiger partial charge in [0, 0.05) is 50.6 Å². The van der Waals surface area contributed by atoms with Crippen LogP contribution in [0.3, 0.4) is 0 Å². The molecular formula is C26H22Cl2FN5O. The Morgan fingerprint density at radius 3 is 2.54 bits per heavy atom. The molecule has 1 aliphatic heterocycles. The maximum absolute atomic E-state index is 14.3. The third-order valence-corrected chi connectivity index (χ3v) is 6.92. The van der Waals surface area contributed by atoms with Crippen molar-refractivity contribution in [3.05, 3.63) is 98.8 Å². The number of halogens is 3. The van der Waals surface area contributed by atoms with E-state index in [0.29, 0.717) is 41.3 Å². The molecule has 0 aliphatic carbocycles. The lowest BCUT2D eigenvalue weighted by Gasteiger charge is -2.35. The van der Waals surface area contributed by atoms with Crippen molar-refractivity contribution in [1.29, 1.82) is 0 Å². The summed E-state index contributed by atoms with van der Waals surface area (Å²) in [6.07, 6.45) is 2.61. The van der Waals surface area contributed by atoms with E-state index >= 15 is 0 Å². The lowest BCUT2D eigenvalue weighted by Crippen LogP contribution is -2.47. The largest absolute Gasteiger partial charge is 0.339 e. The molecule has 1 fully saturated rings. The summed E-state index contributed by atoms with van der Waals surface area (Å²) in [7, 11) is 1.68. The SMILES string of the molecule is Cn1c(N2CCN[C@@H](c3ccc(-c4ccc(Cl)c(Cl)c4)cc3)C2)nc(-c2ccncc2F)cc1=O. The van der Waals surface area contributed by atoms with Crippen molar-refractivity contribution in [2.24, 2.45) is 7.05 Å². The molecule has 0 saturated carbocycles. The summed E-state index contributed by atoms with van der Waals surface area (Å²) in [6.45, 7) is 1.98. The zero-order valence-corrected chi connectivity index (χ0v) is 20.4. The Morgan fingerprint density at radius 2 is 1.80 bits per heavy atom. The highest BCUT2D eigenvalue weighted by atomic mass is 35.5. The summed E-state index contributed by atoms with van der Waals surface area (Å²) in [6, 6.07) is 16.7. The van der Waals surface area contributed by atoms with E-state index in [9.17, 15) is 9.18 Å². The average Bonchev–Trinajstić information content (AvgIpc) is 2.88. The first-order valence-electron chi connectivity index (χ1n) is 11.1. The second-order valence-electron chi connectivity index (χ2n) is 8.40. The van der Waals surface area contributed by atoms with Gasteiger partial charge in [0.25, 0.3) is 5.56 Å². The maximum Gasteiger partial charge on any atom is 0.255 e. The van der Waals surface area contributed by atoms with Crippen molar-refractivity contribution in [3.8, 4) is 22.4 Å². The van der Waals surface area contributed by atoms with Gasteiger partial charge in [-0.1, -0.05) is 53.5 Å². The number of nitrogens with one attached hydrogen (secondary N) is 1. The highest BCUT2D eigenvalue weighted by molar-refractivity contribution is 6.42. The average molecular weight is 510 g/mol. The third-order valence-electron chi connectivity index (χ3n) is 6.18. The number of benzene rings is 2. The molecule has 2 aromatic carbocycles. The predicted molar refractivity (Wildman–Crippen MR) is 138 cm³/mol. The minimum atomic E-state index is -0.514. The number of aromatic nitrogens is 3. The second-order valence-corrected chi connectivity index (χ2v) is 9.21. The standard InChI is InChI=1S/C26H22Cl2FN5O/c1-33-25(35)13-23(19-8-9-30-14-22(19)29)32-26(33)34-11-10-31-24(15-34)17-4-2-16(3-5-17)18-6-7-20(27)21(28)12-18/h2-9,12-14,24,31H,10-11,15H2,1H3/t24-/m1/s1. The molecule has 9 heteroatoms. The van der Waals surface area contributed by atoms with Crippen LogP contribution in [0.1, 0.15) is 11.6 Å². The van der Waals surface area contributed by atoms with Crippen LogP contribution in [0, 0.1) is 5.82 Å². The molecule has 1 N–H and O–H groups in total. The zero-order chi connectivity index (χ0) is 24.5. The fourth-order valence-corrected chi connectivity index (χ4v) is 4.57. The van der Waals surface area contributed by atoms with Gasteiger partial charge in [0.15, 0.2) is 5.82 Å². The Balaban J connectivity index is 1.41. The number of rotatable bonds is 4. The van der Waals surface area contributed by atoms with Crippen molar-refractivity contribution in [2.75, 3.05) is 24.5 Å². The van der Waals surface area contributed by atoms with Crippen molar-refractivity contribution in [3.63, 3.8) is 0 Å². The van der Waals surface area contributed by atoms with Crippen molar-refractivity contribution < 1.29 is 4.39 Å². The molecule has 0 amide bonds. The number of anilines is 1. The monoisotopic (exact) mass is 509 g/mol. The van der Waals surface area contributed by atoms with E-state index in [1.165, 1.54) is 22.9 Å². The van der Waals surface area contributed by atoms with Gasteiger partial charge in [0.2, 0.25) is 5.95 Å². The third kappa shape index (κ3) is 4.80. The number of hydrogen-bond acceptors (Lipinski definition) is 5. The minimum absolute atomic E-state index is 0.0322. The van der Waals surface area contributed by atoms with Gasteiger partial charge in [-0.3, -0.25) is 14.3 Å². The highest BCUT2D eigenvalue weighted by Gasteiger charge is 2.24. The summed E-state index contributed by atoms with van der Waals surface area (Å²) in [5.74, 6) is -0.0120. The van der Waals surface area contributed by atoms with Crippen LogP contribution in [-0.2, 0) is 7.05 Å². The highest BCUT2D eigenvalue weighted by Crippen LogP contribution is 2.30. The van der Waals surface area contributed by atoms with E-state index in [0.717, 1.165) is 22.9 Å². The van der Waals surface area contributed by atoms with E-state index in [1.54, 1.807) is 13.1 Å². The summed E-state index contributed by atoms with van der Waals surface area (Å²) in [5, 5.41) is 4.58. The fraction of sp³-hybridized carbons (Fsp3) is 0.192. The van der Waals surface area contributed by atoms with Gasteiger partial charge in [-0.2, -0.15) is 0 Å². The summed E-state index contributed by atoms with van der Waals surface area (Å²) in [4.78, 5) is 23.2. The van der Waals surface area contributed by atoms with Crippen LogP contribution in [0.25, 0.3) is 22.4 Å². The predicted octanol–water partition coefficient (Wildman–Crippen LogP) is 5.11. The number of piperazine rings is 1. The Morgan fingerprint density at radius 1 is 1.03 bits per heavy atom. The lowest BCUT2D eigenvalue weighted by atomic mass is 9.99. The maximum atomic E-state index is 14.3. The fourth-order valence-electron chi connectivity index (χ4n) is 4.27. The summed E-state index contributed by atoms with van der Waals surface area (Å²) >= 11 is 12.2. The molecule has 2 aromatic heterocycles. The molecule has 0 unspecified atom stereocenters. The smallest absolute Gasteiger partial charge is 0.255 e. The topological polar surface area (TPSA) is 63.1 Å². The van der Waals surface area contributed by atoms with E-state index in [1.807, 2.05) is 12.1 Å². The van der Waals surface area contributed by atoms with Gasteiger partial charge in [-0.25, -0.2) is 9.37 Å². The zero-order valence-electron chi connectivity index (χ0n) is 18.9. The molecule has 35 heavy (non-hydrogen) atoms. The Labute approximate surface area is 212 Å². The van der Waals surface area contributed by atoms with Crippen LogP contribution in [0.5, 0.6) is 0 Å². The van der Waals surface area contributed by atoms with Crippen LogP contribution >= 0.6 is 23.2 Å². The second kappa shape index (κ2) is 9.77. The Kier molecular flexibility index (Phi) is 6.56. The molecule has 6 nitrogen and oxygen atoms in total. The van der Waals surface area contributed by atoms with Gasteiger partial charge in [0.05, 0.1) is 21.9 Å². The van der Waals surface area contributed by atoms with E-state index in [2.05, 4.69) is 44.5 Å². The van der Waals surface area contributed by atoms with E-state index in [-0.39, 0.29) is 17.2 Å². The van der Waals surface area contributed by atoms with Crippen LogP contribution < -0.4 is 15.8 Å². The van der Waals surface area contributed by atoms with Crippen LogP contribution in [0.15, 0.2) is 71.8 Å². The van der Waals surface area contributed by atoms with Gasteiger partial charge in [0.1, 0.15) is 0 Å². The number of nitrogens with zero attached hydrogens (tertiary/aromatic N) is 4. The summed E-state index contributed by atoms with van der Waals surface area (Å²) in [5.41, 5.74) is 3.44. The van der Waals surface area contributed by atoms with E-state index < -0.39 is 5.82 Å². The van der Waals surface area contributed by atoms with Gasteiger partial charge < -0.3 is 10.2 Å². The molecule has 0 radical (unpaired) electrons. The van der Waals surface area contributed by atoms with Gasteiger partial charge >= 0.3 is 0 Å². The van der Waals surface area contributed by atoms with E-state index in [4.69, 9.17) is 23.2 Å². The van der Waals surface area contributed by atoms with Crippen LogP contribution in [-0.4, -0.2) is 34.2 Å². The minimum Gasteiger partial charge on any atom is -0.339 e. The first kappa shape index (κ1) is 23.5. The van der Waals surface area contributed by atoms with Gasteiger partial charge in [-0.05, 0) is 34.9 Å². The normalized spacial score (nSPS) is 15.9. The van der Waals surface area contributed by atoms with Crippen molar-refractivity contribution >= 4 is 29.2 Å². The first-order valence-corrected chi connectivity index (χ1v) is 11.9. The molecule has 0 spiro atoms. The molecule has 0 bridgehead atoms. The van der Waals surface area contributed by atoms with Crippen LogP contribution in [0.4, 0.5) is 10.3 Å². The van der Waals surface area contributed by atoms with Crippen molar-refractivity contribution in [2.45, 2.75) is 6.04 Å². The molecule has 1 saturated heterocycles. The first-order chi connectivity index (χ1) is 16.9. The lowest BCUT2D eigenvalue weighted by molar-refractivity contribution is 0.462. The summed E-state index contributed by atoms with van der Waals surface area (Å²) < 4.78 is 15.8. The number of pyridine rings is 1. The Hall–Kier alpha value is -3.26. The number of hydrogen-bond donors (Lipinski definition) is 1.